The van der Waals surface area contributed by atoms with Gasteiger partial charge in [-0.3, -0.25) is 9.59 Å². The number of nitrogens with one attached hydrogen (secondary N) is 2. The number of carbonyl (C=O) groups excluding carboxylic acids is 2. The van der Waals surface area contributed by atoms with Crippen LogP contribution in [-0.4, -0.2) is 41.3 Å². The molecule has 0 spiro atoms. The summed E-state index contributed by atoms with van der Waals surface area (Å²) in [7, 11) is 0. The highest BCUT2D eigenvalue weighted by molar-refractivity contribution is 5.83. The molecule has 2 aromatic carbocycles. The molecule has 2 aliphatic carbocycles. The minimum atomic E-state index is -1.12. The Morgan fingerprint density at radius 3 is 2.09 bits per heavy atom. The van der Waals surface area contributed by atoms with E-state index in [9.17, 15) is 19.5 Å². The van der Waals surface area contributed by atoms with Gasteiger partial charge in [-0.05, 0) is 69.2 Å². The van der Waals surface area contributed by atoms with Gasteiger partial charge in [0.25, 0.3) is 0 Å². The van der Waals surface area contributed by atoms with Crippen LogP contribution < -0.4 is 10.6 Å². The van der Waals surface area contributed by atoms with E-state index in [-0.39, 0.29) is 30.4 Å². The molecule has 7 heteroatoms. The van der Waals surface area contributed by atoms with E-state index >= 15 is 0 Å². The largest absolute Gasteiger partial charge is 0.481 e. The Bertz CT molecular complexity index is 1090. The van der Waals surface area contributed by atoms with Crippen LogP contribution in [-0.2, 0) is 14.3 Å². The van der Waals surface area contributed by atoms with Gasteiger partial charge in [0, 0.05) is 23.4 Å². The van der Waals surface area contributed by atoms with E-state index in [2.05, 4.69) is 34.9 Å². The highest BCUT2D eigenvalue weighted by Crippen LogP contribution is 2.44. The van der Waals surface area contributed by atoms with Crippen LogP contribution >= 0.6 is 0 Å². The number of rotatable bonds is 7. The van der Waals surface area contributed by atoms with Crippen LogP contribution in [0.2, 0.25) is 0 Å². The molecule has 1 saturated carbocycles. The molecule has 2 atom stereocenters. The third-order valence-corrected chi connectivity index (χ3v) is 8.00. The molecule has 1 fully saturated rings. The van der Waals surface area contributed by atoms with E-state index in [4.69, 9.17) is 4.74 Å². The van der Waals surface area contributed by atoms with Crippen LogP contribution in [0, 0.1) is 11.3 Å². The number of hydrogen-bond donors (Lipinski definition) is 3. The van der Waals surface area contributed by atoms with E-state index in [1.165, 1.54) is 11.1 Å². The van der Waals surface area contributed by atoms with Gasteiger partial charge in [0.05, 0.1) is 5.41 Å². The first-order chi connectivity index (χ1) is 16.5. The molecule has 2 amide bonds. The third kappa shape index (κ3) is 4.77. The molecule has 0 aromatic heterocycles. The predicted octanol–water partition coefficient (Wildman–Crippen LogP) is 4.70. The average Bonchev–Trinajstić information content (AvgIpc) is 3.40. The molecule has 0 radical (unpaired) electrons. The first-order valence-corrected chi connectivity index (χ1v) is 12.2. The van der Waals surface area contributed by atoms with Crippen LogP contribution in [0.25, 0.3) is 11.1 Å². The molecule has 7 nitrogen and oxygen atoms in total. The lowest BCUT2D eigenvalue weighted by molar-refractivity contribution is -0.152. The Labute approximate surface area is 206 Å². The summed E-state index contributed by atoms with van der Waals surface area (Å²) in [5.74, 6) is -1.43. The number of hydrogen-bond acceptors (Lipinski definition) is 4. The zero-order valence-corrected chi connectivity index (χ0v) is 20.8. The Kier molecular flexibility index (Phi) is 6.62. The Hall–Kier alpha value is -3.35. The molecule has 0 heterocycles. The average molecular weight is 479 g/mol. The highest BCUT2D eigenvalue weighted by Gasteiger charge is 2.45. The van der Waals surface area contributed by atoms with Crippen molar-refractivity contribution in [1.29, 1.82) is 0 Å². The zero-order chi connectivity index (χ0) is 25.4. The summed E-state index contributed by atoms with van der Waals surface area (Å²) in [5.41, 5.74) is 2.62. The minimum Gasteiger partial charge on any atom is -0.481 e. The van der Waals surface area contributed by atoms with Crippen molar-refractivity contribution in [3.05, 3.63) is 59.7 Å². The summed E-state index contributed by atoms with van der Waals surface area (Å²) >= 11 is 0. The third-order valence-electron chi connectivity index (χ3n) is 8.00. The Morgan fingerprint density at radius 1 is 0.943 bits per heavy atom. The van der Waals surface area contributed by atoms with Crippen molar-refractivity contribution in [3.8, 4) is 11.1 Å². The monoisotopic (exact) mass is 478 g/mol. The number of carboxylic acid groups (broad SMARTS) is 1. The van der Waals surface area contributed by atoms with Gasteiger partial charge in [0.2, 0.25) is 5.91 Å². The van der Waals surface area contributed by atoms with Gasteiger partial charge in [-0.25, -0.2) is 4.79 Å². The van der Waals surface area contributed by atoms with E-state index in [0.717, 1.165) is 11.1 Å². The number of alkyl carbamates (subject to hydrolysis) is 1. The topological polar surface area (TPSA) is 105 Å². The lowest BCUT2D eigenvalue weighted by Crippen LogP contribution is -2.58. The van der Waals surface area contributed by atoms with Crippen molar-refractivity contribution in [1.82, 2.24) is 10.6 Å². The summed E-state index contributed by atoms with van der Waals surface area (Å²) in [6.07, 6.45) is 1.32. The fraction of sp³-hybridized carbons (Fsp3) is 0.464. The van der Waals surface area contributed by atoms with Crippen molar-refractivity contribution >= 4 is 18.0 Å². The van der Waals surface area contributed by atoms with Crippen LogP contribution in [0.1, 0.15) is 64.0 Å². The van der Waals surface area contributed by atoms with Crippen molar-refractivity contribution in [2.75, 3.05) is 6.61 Å². The fourth-order valence-corrected chi connectivity index (χ4v) is 4.99. The molecule has 0 saturated heterocycles. The molecule has 0 bridgehead atoms. The SMILES string of the molecule is CC(C)(NC(=O)[C@H]1CC[C@@H](NC(=O)OCC2c3ccccc3-c3ccccc32)C1)C(C)(C)C(=O)O. The van der Waals surface area contributed by atoms with Gasteiger partial charge in [0.1, 0.15) is 6.61 Å². The van der Waals surface area contributed by atoms with E-state index in [1.807, 2.05) is 24.3 Å². The van der Waals surface area contributed by atoms with Crippen LogP contribution in [0.5, 0.6) is 0 Å². The van der Waals surface area contributed by atoms with Gasteiger partial charge in [-0.2, -0.15) is 0 Å². The maximum atomic E-state index is 12.8. The standard InChI is InChI=1S/C28H34N2O5/c1-27(2,25(32)33)28(3,4)30-24(31)17-13-14-18(15-17)29-26(34)35-16-23-21-11-7-5-9-19(21)20-10-6-8-12-22(20)23/h5-12,17-18,23H,13-16H2,1-4H3,(H,29,34)(H,30,31)(H,32,33)/t17-,18+/m0/s1. The molecule has 3 N–H and O–H groups in total. The molecule has 2 aromatic rings. The van der Waals surface area contributed by atoms with Crippen molar-refractivity contribution < 1.29 is 24.2 Å². The smallest absolute Gasteiger partial charge is 0.407 e. The van der Waals surface area contributed by atoms with Crippen LogP contribution in [0.3, 0.4) is 0 Å². The van der Waals surface area contributed by atoms with Crippen LogP contribution in [0.15, 0.2) is 48.5 Å². The Morgan fingerprint density at radius 2 is 1.51 bits per heavy atom. The Balaban J connectivity index is 1.30. The molecule has 0 aliphatic heterocycles. The summed E-state index contributed by atoms with van der Waals surface area (Å²) in [6, 6.07) is 16.2. The van der Waals surface area contributed by atoms with Crippen LogP contribution in [0.4, 0.5) is 4.79 Å². The first-order valence-electron chi connectivity index (χ1n) is 12.2. The number of fused-ring (bicyclic) bond motifs is 3. The molecule has 2 aliphatic rings. The first kappa shape index (κ1) is 24.8. The second kappa shape index (κ2) is 9.36. The second-order valence-corrected chi connectivity index (χ2v) is 10.7. The van der Waals surface area contributed by atoms with Crippen molar-refractivity contribution in [2.24, 2.45) is 11.3 Å². The number of benzene rings is 2. The number of carbonyl (C=O) groups is 3. The maximum Gasteiger partial charge on any atom is 0.407 e. The highest BCUT2D eigenvalue weighted by atomic mass is 16.5. The summed E-state index contributed by atoms with van der Waals surface area (Å²) < 4.78 is 5.63. The van der Waals surface area contributed by atoms with Gasteiger partial charge < -0.3 is 20.5 Å². The lowest BCUT2D eigenvalue weighted by Gasteiger charge is -2.39. The van der Waals surface area contributed by atoms with Gasteiger partial charge in [-0.1, -0.05) is 48.5 Å². The molecular weight excluding hydrogens is 444 g/mol. The molecule has 186 valence electrons. The lowest BCUT2D eigenvalue weighted by atomic mass is 9.74. The predicted molar refractivity (Wildman–Crippen MR) is 133 cm³/mol. The molecule has 4 rings (SSSR count). The minimum absolute atomic E-state index is 0.00456. The fourth-order valence-electron chi connectivity index (χ4n) is 4.99. The van der Waals surface area contributed by atoms with Crippen molar-refractivity contribution in [2.45, 2.75) is 64.5 Å². The van der Waals surface area contributed by atoms with E-state index in [1.54, 1.807) is 27.7 Å². The number of ether oxygens (including phenoxy) is 1. The summed E-state index contributed by atoms with van der Waals surface area (Å²) in [6.45, 7) is 6.90. The van der Waals surface area contributed by atoms with Gasteiger partial charge >= 0.3 is 12.1 Å². The maximum absolute atomic E-state index is 12.8. The quantitative estimate of drug-likeness (QED) is 0.535. The van der Waals surface area contributed by atoms with Gasteiger partial charge in [-0.15, -0.1) is 0 Å². The number of amides is 2. The molecule has 35 heavy (non-hydrogen) atoms. The van der Waals surface area contributed by atoms with Crippen molar-refractivity contribution in [3.63, 3.8) is 0 Å². The summed E-state index contributed by atoms with van der Waals surface area (Å²) in [4.78, 5) is 37.1. The normalized spacial score (nSPS) is 19.5. The molecular formula is C28H34N2O5. The van der Waals surface area contributed by atoms with Gasteiger partial charge in [0.15, 0.2) is 0 Å². The zero-order valence-electron chi connectivity index (χ0n) is 20.8. The second-order valence-electron chi connectivity index (χ2n) is 10.7. The molecule has 0 unspecified atom stereocenters. The van der Waals surface area contributed by atoms with E-state index in [0.29, 0.717) is 19.3 Å². The number of aliphatic carboxylic acids is 1. The summed E-state index contributed by atoms with van der Waals surface area (Å²) in [5, 5.41) is 15.3. The number of carboxylic acids is 1. The van der Waals surface area contributed by atoms with E-state index < -0.39 is 23.0 Å².